The molecule has 3 rings (SSSR count). The number of hydrogen-bond acceptors (Lipinski definition) is 5. The number of benzene rings is 2. The van der Waals surface area contributed by atoms with Crippen LogP contribution in [-0.4, -0.2) is 33.7 Å². The molecule has 1 N–H and O–H groups in total. The molecule has 2 aromatic carbocycles. The molecule has 0 aliphatic carbocycles. The molecule has 0 spiro atoms. The summed E-state index contributed by atoms with van der Waals surface area (Å²) in [6.07, 6.45) is 1.68. The largest absolute Gasteiger partial charge is 0.495 e. The zero-order chi connectivity index (χ0) is 20.0. The Bertz CT molecular complexity index is 1150. The number of halogens is 1. The minimum Gasteiger partial charge on any atom is -0.495 e. The summed E-state index contributed by atoms with van der Waals surface area (Å²) in [5, 5.41) is 0.949. The lowest BCUT2D eigenvalue weighted by molar-refractivity contribution is 0.374. The number of hydrogen-bond donors (Lipinski definition) is 1. The van der Waals surface area contributed by atoms with Gasteiger partial charge in [0.15, 0.2) is 0 Å². The van der Waals surface area contributed by atoms with E-state index in [0.717, 1.165) is 23.0 Å². The van der Waals surface area contributed by atoms with Crippen molar-refractivity contribution in [2.24, 2.45) is 0 Å². The maximum atomic E-state index is 13.4. The van der Waals surface area contributed by atoms with Gasteiger partial charge < -0.3 is 9.47 Å². The molecule has 0 bridgehead atoms. The lowest BCUT2D eigenvalue weighted by atomic mass is 10.2. The molecule has 1 heterocycles. The van der Waals surface area contributed by atoms with Crippen LogP contribution >= 0.6 is 0 Å². The molecule has 8 heteroatoms. The van der Waals surface area contributed by atoms with Crippen LogP contribution in [0.25, 0.3) is 10.9 Å². The maximum Gasteiger partial charge on any atom is 0.245 e. The molecule has 0 aliphatic rings. The summed E-state index contributed by atoms with van der Waals surface area (Å²) in [7, 11) is -2.65. The first-order valence-electron chi connectivity index (χ1n) is 8.27. The molecule has 0 aliphatic heterocycles. The van der Waals surface area contributed by atoms with Crippen molar-refractivity contribution in [3.05, 3.63) is 60.5 Å². The van der Waals surface area contributed by atoms with E-state index in [9.17, 15) is 12.8 Å². The number of rotatable bonds is 6. The third-order valence-electron chi connectivity index (χ3n) is 3.79. The molecule has 0 radical (unpaired) electrons. The fourth-order valence-corrected chi connectivity index (χ4v) is 3.59. The van der Waals surface area contributed by atoms with Gasteiger partial charge in [-0.05, 0) is 30.3 Å². The van der Waals surface area contributed by atoms with Crippen LogP contribution < -0.4 is 14.2 Å². The molecular formula is C20H17FN2O4S. The molecule has 0 amide bonds. The summed E-state index contributed by atoms with van der Waals surface area (Å²) in [6.45, 7) is -0.0835. The van der Waals surface area contributed by atoms with Crippen LogP contribution in [0.2, 0.25) is 0 Å². The van der Waals surface area contributed by atoms with Gasteiger partial charge in [0, 0.05) is 11.6 Å². The van der Waals surface area contributed by atoms with Gasteiger partial charge in [-0.25, -0.2) is 12.8 Å². The van der Waals surface area contributed by atoms with Crippen LogP contribution in [0.1, 0.15) is 0 Å². The van der Waals surface area contributed by atoms with E-state index in [1.54, 1.807) is 12.3 Å². The van der Waals surface area contributed by atoms with Crippen molar-refractivity contribution in [3.8, 4) is 23.3 Å². The van der Waals surface area contributed by atoms with E-state index in [1.807, 2.05) is 24.3 Å². The predicted octanol–water partition coefficient (Wildman–Crippen LogP) is 2.74. The van der Waals surface area contributed by atoms with E-state index in [1.165, 1.54) is 13.2 Å². The van der Waals surface area contributed by atoms with Gasteiger partial charge in [0.1, 0.15) is 34.3 Å². The first-order chi connectivity index (χ1) is 13.5. The van der Waals surface area contributed by atoms with Crippen LogP contribution in [0.15, 0.2) is 59.6 Å². The molecule has 144 valence electrons. The molecular weight excluding hydrogens is 383 g/mol. The Balaban J connectivity index is 1.60. The molecule has 1 aromatic heterocycles. The lowest BCUT2D eigenvalue weighted by Crippen LogP contribution is -2.24. The van der Waals surface area contributed by atoms with Crippen molar-refractivity contribution in [1.29, 1.82) is 0 Å². The zero-order valence-corrected chi connectivity index (χ0v) is 15.8. The van der Waals surface area contributed by atoms with E-state index in [0.29, 0.717) is 5.75 Å². The molecule has 3 aromatic rings. The van der Waals surface area contributed by atoms with Gasteiger partial charge in [0.2, 0.25) is 10.0 Å². The second kappa shape index (κ2) is 8.69. The maximum absolute atomic E-state index is 13.4. The Labute approximate surface area is 162 Å². The summed E-state index contributed by atoms with van der Waals surface area (Å²) in [5.41, 5.74) is 0.728. The number of para-hydroxylation sites is 1. The van der Waals surface area contributed by atoms with Crippen LogP contribution in [-0.2, 0) is 10.0 Å². The van der Waals surface area contributed by atoms with Gasteiger partial charge >= 0.3 is 0 Å². The Hall–Kier alpha value is -3.15. The molecule has 6 nitrogen and oxygen atoms in total. The van der Waals surface area contributed by atoms with Crippen molar-refractivity contribution in [2.45, 2.75) is 4.90 Å². The number of pyridine rings is 1. The average molecular weight is 400 g/mol. The van der Waals surface area contributed by atoms with Crippen molar-refractivity contribution < 1.29 is 22.3 Å². The summed E-state index contributed by atoms with van der Waals surface area (Å²) < 4.78 is 50.8. The minimum absolute atomic E-state index is 0.0497. The van der Waals surface area contributed by atoms with Crippen LogP contribution in [0.5, 0.6) is 11.5 Å². The summed E-state index contributed by atoms with van der Waals surface area (Å²) in [5.74, 6) is 5.36. The van der Waals surface area contributed by atoms with Crippen molar-refractivity contribution in [1.82, 2.24) is 9.71 Å². The SMILES string of the molecule is COc1ccc(F)cc1S(=O)(=O)NCC#CCOc1cccc2cccnc12. The predicted molar refractivity (Wildman–Crippen MR) is 103 cm³/mol. The Morgan fingerprint density at radius 1 is 1.11 bits per heavy atom. The Morgan fingerprint density at radius 2 is 1.93 bits per heavy atom. The van der Waals surface area contributed by atoms with E-state index < -0.39 is 15.8 Å². The number of ether oxygens (including phenoxy) is 2. The highest BCUT2D eigenvalue weighted by atomic mass is 32.2. The normalized spacial score (nSPS) is 10.9. The van der Waals surface area contributed by atoms with Gasteiger partial charge in [0.05, 0.1) is 13.7 Å². The molecule has 0 atom stereocenters. The first kappa shape index (κ1) is 19.6. The van der Waals surface area contributed by atoms with Gasteiger partial charge in [0.25, 0.3) is 0 Å². The number of methoxy groups -OCH3 is 1. The van der Waals surface area contributed by atoms with E-state index in [2.05, 4.69) is 21.5 Å². The number of nitrogens with one attached hydrogen (secondary N) is 1. The number of nitrogens with zero attached hydrogens (tertiary/aromatic N) is 1. The highest BCUT2D eigenvalue weighted by molar-refractivity contribution is 7.89. The average Bonchev–Trinajstić information content (AvgIpc) is 2.70. The summed E-state index contributed by atoms with van der Waals surface area (Å²) in [4.78, 5) is 4.00. The van der Waals surface area contributed by atoms with E-state index in [-0.39, 0.29) is 23.8 Å². The molecule has 0 unspecified atom stereocenters. The van der Waals surface area contributed by atoms with Gasteiger partial charge in [-0.1, -0.05) is 30.0 Å². The number of fused-ring (bicyclic) bond motifs is 1. The fourth-order valence-electron chi connectivity index (χ4n) is 2.49. The first-order valence-corrected chi connectivity index (χ1v) is 9.75. The monoisotopic (exact) mass is 400 g/mol. The highest BCUT2D eigenvalue weighted by Crippen LogP contribution is 2.24. The second-order valence-corrected chi connectivity index (χ2v) is 7.33. The van der Waals surface area contributed by atoms with Gasteiger partial charge in [-0.2, -0.15) is 4.72 Å². The molecule has 28 heavy (non-hydrogen) atoms. The second-order valence-electron chi connectivity index (χ2n) is 5.59. The Kier molecular flexibility index (Phi) is 6.09. The highest BCUT2D eigenvalue weighted by Gasteiger charge is 2.19. The topological polar surface area (TPSA) is 77.5 Å². The third-order valence-corrected chi connectivity index (χ3v) is 5.21. The van der Waals surface area contributed by atoms with Gasteiger partial charge in [-0.3, -0.25) is 4.98 Å². The van der Waals surface area contributed by atoms with E-state index in [4.69, 9.17) is 9.47 Å². The molecule has 0 saturated carbocycles. The smallest absolute Gasteiger partial charge is 0.245 e. The van der Waals surface area contributed by atoms with E-state index >= 15 is 0 Å². The van der Waals surface area contributed by atoms with Crippen LogP contribution in [0.3, 0.4) is 0 Å². The van der Waals surface area contributed by atoms with Gasteiger partial charge in [-0.15, -0.1) is 0 Å². The number of sulfonamides is 1. The van der Waals surface area contributed by atoms with Crippen molar-refractivity contribution in [3.63, 3.8) is 0 Å². The standard InChI is InChI=1S/C20H17FN2O4S/c1-26-17-10-9-16(21)14-19(17)28(24,25)23-12-2-3-13-27-18-8-4-6-15-7-5-11-22-20(15)18/h4-11,14,23H,12-13H2,1H3. The third kappa shape index (κ3) is 4.57. The minimum atomic E-state index is -3.96. The molecule has 0 fully saturated rings. The Morgan fingerprint density at radius 3 is 2.75 bits per heavy atom. The summed E-state index contributed by atoms with van der Waals surface area (Å²) >= 11 is 0. The lowest BCUT2D eigenvalue weighted by Gasteiger charge is -2.09. The quantitative estimate of drug-likeness (QED) is 0.644. The fraction of sp³-hybridized carbons (Fsp3) is 0.150. The van der Waals surface area contributed by atoms with Crippen molar-refractivity contribution >= 4 is 20.9 Å². The number of aromatic nitrogens is 1. The zero-order valence-electron chi connectivity index (χ0n) is 15.0. The molecule has 0 saturated heterocycles. The summed E-state index contributed by atoms with van der Waals surface area (Å²) in [6, 6.07) is 12.6. The van der Waals surface area contributed by atoms with Crippen LogP contribution in [0.4, 0.5) is 4.39 Å². The van der Waals surface area contributed by atoms with Crippen LogP contribution in [0, 0.1) is 17.7 Å². The van der Waals surface area contributed by atoms with Crippen molar-refractivity contribution in [2.75, 3.05) is 20.3 Å².